The van der Waals surface area contributed by atoms with Gasteiger partial charge in [0.05, 0.1) is 48.5 Å². The quantitative estimate of drug-likeness (QED) is 0.179. The van der Waals surface area contributed by atoms with Gasteiger partial charge in [-0.05, 0) is 89.8 Å². The predicted molar refractivity (Wildman–Crippen MR) is 197 cm³/mol. The van der Waals surface area contributed by atoms with Crippen LogP contribution in [0.25, 0.3) is 0 Å². The van der Waals surface area contributed by atoms with Crippen molar-refractivity contribution in [1.82, 2.24) is 25.4 Å². The van der Waals surface area contributed by atoms with Crippen LogP contribution in [-0.2, 0) is 56.8 Å². The van der Waals surface area contributed by atoms with Crippen LogP contribution >= 0.6 is 0 Å². The highest BCUT2D eigenvalue weighted by Gasteiger charge is 2.48. The van der Waals surface area contributed by atoms with Gasteiger partial charge in [0, 0.05) is 25.5 Å². The fraction of sp³-hybridized carbons (Fsp3) is 0.500. The van der Waals surface area contributed by atoms with Crippen molar-refractivity contribution in [2.24, 2.45) is 0 Å². The normalized spacial score (nSPS) is 23.5. The summed E-state index contributed by atoms with van der Waals surface area (Å²) in [5.41, 5.74) is -1.94. The number of hydrogen-bond acceptors (Lipinski definition) is 12. The van der Waals surface area contributed by atoms with E-state index in [2.05, 4.69) is 31.4 Å². The second-order valence-electron chi connectivity index (χ2n) is 15.3. The fourth-order valence-corrected chi connectivity index (χ4v) is 10.6. The molecule has 322 valence electrons. The van der Waals surface area contributed by atoms with E-state index >= 15 is 0 Å². The molecule has 2 aliphatic rings. The van der Waals surface area contributed by atoms with Gasteiger partial charge in [-0.2, -0.15) is 41.8 Å². The zero-order valence-corrected chi connectivity index (χ0v) is 34.6. The number of H-pyrrole nitrogens is 2. The van der Waals surface area contributed by atoms with Crippen molar-refractivity contribution in [2.45, 2.75) is 108 Å². The van der Waals surface area contributed by atoms with E-state index in [1.807, 2.05) is 0 Å². The Kier molecular flexibility index (Phi) is 12.3. The highest BCUT2D eigenvalue weighted by atomic mass is 32.2. The number of rotatable bonds is 8. The Morgan fingerprint density at radius 3 is 1.93 bits per heavy atom. The molecule has 59 heavy (non-hydrogen) atoms. The summed E-state index contributed by atoms with van der Waals surface area (Å²) in [5.74, 6) is 0. The molecule has 0 saturated carbocycles. The highest BCUT2D eigenvalue weighted by Crippen LogP contribution is 2.44. The number of hydrogen-bond donors (Lipinski definition) is 2. The standard InChI is InChI=1S/C19H21F3N4O3S.C17H19F3N2O5S2/c1-17(2,11-23)15-9-12(25-26-15)13-10-18(3,7-8-29-13)30(27,28)16-6-4-5-14(24-16)19(20,21)22;1-16(29(25,26)12-5-3-4-11(8-12)17(18,19)20)6-7-27-14(10-16)13-9-15(22-21-13)28(2,23)24/h4-6,9,13H,7-8,10H2,1-3H3,(H,25,26);3-5,8-9,14H,6-7,10H2,1-2H3,(H,21,22). The number of benzene rings is 1. The van der Waals surface area contributed by atoms with E-state index in [1.54, 1.807) is 19.9 Å². The van der Waals surface area contributed by atoms with E-state index in [0.717, 1.165) is 42.7 Å². The molecule has 23 heteroatoms. The zero-order valence-electron chi connectivity index (χ0n) is 32.1. The summed E-state index contributed by atoms with van der Waals surface area (Å²) in [5, 5.41) is 21.7. The third kappa shape index (κ3) is 9.51. The molecule has 3 aromatic heterocycles. The molecule has 14 nitrogen and oxygen atoms in total. The molecule has 5 heterocycles. The summed E-state index contributed by atoms with van der Waals surface area (Å²) in [6.45, 7) is 6.44. The van der Waals surface area contributed by atoms with Gasteiger partial charge in [-0.1, -0.05) is 12.1 Å². The first-order valence-electron chi connectivity index (χ1n) is 17.7. The Hall–Kier alpha value is -4.37. The van der Waals surface area contributed by atoms with Gasteiger partial charge in [-0.25, -0.2) is 30.2 Å². The Morgan fingerprint density at radius 2 is 1.36 bits per heavy atom. The molecule has 2 fully saturated rings. The average Bonchev–Trinajstić information content (AvgIpc) is 3.87. The van der Waals surface area contributed by atoms with Gasteiger partial charge >= 0.3 is 12.4 Å². The fourth-order valence-electron chi connectivity index (χ4n) is 6.47. The van der Waals surface area contributed by atoms with Crippen molar-refractivity contribution in [1.29, 1.82) is 5.26 Å². The van der Waals surface area contributed by atoms with Gasteiger partial charge in [-0.3, -0.25) is 10.2 Å². The van der Waals surface area contributed by atoms with Gasteiger partial charge in [0.1, 0.15) is 22.9 Å². The van der Waals surface area contributed by atoms with Crippen LogP contribution in [0.5, 0.6) is 0 Å². The molecular formula is C36H40F6N6O8S3. The number of pyridine rings is 1. The molecule has 4 unspecified atom stereocenters. The number of sulfone groups is 3. The third-order valence-electron chi connectivity index (χ3n) is 10.4. The lowest BCUT2D eigenvalue weighted by molar-refractivity contribution is -0.141. The molecule has 0 spiro atoms. The van der Waals surface area contributed by atoms with Crippen LogP contribution in [0.3, 0.4) is 0 Å². The topological polar surface area (TPSA) is 215 Å². The van der Waals surface area contributed by atoms with E-state index in [4.69, 9.17) is 9.47 Å². The van der Waals surface area contributed by atoms with Crippen LogP contribution in [0.1, 0.15) is 93.9 Å². The molecule has 1 aromatic carbocycles. The molecule has 2 saturated heterocycles. The number of nitrogens with zero attached hydrogens (tertiary/aromatic N) is 4. The minimum absolute atomic E-state index is 0.00186. The molecule has 0 radical (unpaired) electrons. The van der Waals surface area contributed by atoms with Crippen molar-refractivity contribution >= 4 is 29.5 Å². The van der Waals surface area contributed by atoms with E-state index in [-0.39, 0.29) is 49.6 Å². The van der Waals surface area contributed by atoms with Crippen LogP contribution in [0, 0.1) is 11.3 Å². The van der Waals surface area contributed by atoms with Crippen LogP contribution in [0.4, 0.5) is 26.3 Å². The lowest BCUT2D eigenvalue weighted by Gasteiger charge is -2.37. The van der Waals surface area contributed by atoms with Gasteiger partial charge < -0.3 is 9.47 Å². The number of aromatic amines is 2. The predicted octanol–water partition coefficient (Wildman–Crippen LogP) is 6.62. The lowest BCUT2D eigenvalue weighted by Crippen LogP contribution is -2.42. The number of alkyl halides is 6. The first-order valence-corrected chi connectivity index (χ1v) is 22.6. The summed E-state index contributed by atoms with van der Waals surface area (Å²) >= 11 is 0. The molecule has 4 atom stereocenters. The average molecular weight is 895 g/mol. The Bertz CT molecular complexity index is 2570. The Labute approximate surface area is 336 Å². The van der Waals surface area contributed by atoms with E-state index in [9.17, 15) is 56.9 Å². The number of aromatic nitrogens is 5. The Balaban J connectivity index is 0.000000224. The van der Waals surface area contributed by atoms with Crippen molar-refractivity contribution in [3.63, 3.8) is 0 Å². The third-order valence-corrected chi connectivity index (χ3v) is 16.4. The Morgan fingerprint density at radius 1 is 0.763 bits per heavy atom. The molecular weight excluding hydrogens is 855 g/mol. The lowest BCUT2D eigenvalue weighted by atomic mass is 9.90. The maximum atomic E-state index is 13.2. The molecule has 2 aliphatic heterocycles. The van der Waals surface area contributed by atoms with Crippen molar-refractivity contribution in [3.8, 4) is 6.07 Å². The summed E-state index contributed by atoms with van der Waals surface area (Å²) in [4.78, 5) is 2.95. The number of nitrogens with one attached hydrogen (secondary N) is 2. The first kappa shape index (κ1) is 45.7. The van der Waals surface area contributed by atoms with Gasteiger partial charge in [0.15, 0.2) is 24.7 Å². The molecule has 0 amide bonds. The smallest absolute Gasteiger partial charge is 0.372 e. The number of nitriles is 1. The second kappa shape index (κ2) is 15.9. The summed E-state index contributed by atoms with van der Waals surface area (Å²) in [7, 11) is -11.9. The van der Waals surface area contributed by atoms with E-state index in [0.29, 0.717) is 17.5 Å². The van der Waals surface area contributed by atoms with E-state index in [1.165, 1.54) is 19.9 Å². The van der Waals surface area contributed by atoms with E-state index < -0.39 is 90.2 Å². The highest BCUT2D eigenvalue weighted by molar-refractivity contribution is 7.93. The zero-order chi connectivity index (χ0) is 44.0. The summed E-state index contributed by atoms with van der Waals surface area (Å²) < 4.78 is 163. The maximum absolute atomic E-state index is 13.2. The van der Waals surface area contributed by atoms with Gasteiger partial charge in [0.25, 0.3) is 0 Å². The van der Waals surface area contributed by atoms with Crippen molar-refractivity contribution in [2.75, 3.05) is 19.5 Å². The number of halogens is 6. The maximum Gasteiger partial charge on any atom is 0.433 e. The molecule has 0 aliphatic carbocycles. The molecule has 4 aromatic rings. The molecule has 6 rings (SSSR count). The number of ether oxygens (including phenoxy) is 2. The largest absolute Gasteiger partial charge is 0.433 e. The van der Waals surface area contributed by atoms with Crippen LogP contribution in [-0.4, -0.2) is 79.6 Å². The summed E-state index contributed by atoms with van der Waals surface area (Å²) in [6, 6.07) is 11.5. The second-order valence-corrected chi connectivity index (χ2v) is 22.2. The van der Waals surface area contributed by atoms with Gasteiger partial charge in [-0.15, -0.1) is 0 Å². The van der Waals surface area contributed by atoms with Crippen LogP contribution < -0.4 is 0 Å². The molecule has 0 bridgehead atoms. The van der Waals surface area contributed by atoms with Crippen LogP contribution in [0.15, 0.2) is 69.5 Å². The monoisotopic (exact) mass is 894 g/mol. The first-order chi connectivity index (χ1) is 27.0. The van der Waals surface area contributed by atoms with Crippen LogP contribution in [0.2, 0.25) is 0 Å². The van der Waals surface area contributed by atoms with Crippen molar-refractivity contribution in [3.05, 3.63) is 82.9 Å². The molecule has 2 N–H and O–H groups in total. The van der Waals surface area contributed by atoms with Crippen molar-refractivity contribution < 1.29 is 61.1 Å². The van der Waals surface area contributed by atoms with Gasteiger partial charge in [0.2, 0.25) is 9.84 Å². The minimum Gasteiger partial charge on any atom is -0.372 e. The minimum atomic E-state index is -4.75. The SMILES string of the molecule is CC(C)(C#N)c1cc(C2CC(C)(S(=O)(=O)c3cccc(C(F)(F)F)n3)CCO2)[nH]n1.CC1(S(=O)(=O)c2cccc(C(F)(F)F)c2)CCOC(c2cc(S(C)(=O)=O)[nH]n2)C1. The summed E-state index contributed by atoms with van der Waals surface area (Å²) in [6.07, 6.45) is -9.80.